The van der Waals surface area contributed by atoms with Crippen molar-refractivity contribution >= 4 is 29.4 Å². The molecule has 0 spiro atoms. The van der Waals surface area contributed by atoms with Crippen LogP contribution in [0.5, 0.6) is 0 Å². The topological polar surface area (TPSA) is 26.0 Å². The lowest BCUT2D eigenvalue weighted by Crippen LogP contribution is -1.77. The highest BCUT2D eigenvalue weighted by atomic mass is 32.2. The Kier molecular flexibility index (Phi) is 3.57. The van der Waals surface area contributed by atoms with Crippen molar-refractivity contribution in [1.82, 2.24) is 0 Å². The Morgan fingerprint density at radius 2 is 2.60 bits per heavy atom. The monoisotopic (exact) mass is 171 g/mol. The van der Waals surface area contributed by atoms with Gasteiger partial charge in [0.1, 0.15) is 0 Å². The van der Waals surface area contributed by atoms with Gasteiger partial charge in [0, 0.05) is 10.6 Å². The average molecular weight is 171 g/mol. The summed E-state index contributed by atoms with van der Waals surface area (Å²) in [5.74, 6) is 0.887. The quantitative estimate of drug-likeness (QED) is 0.707. The lowest BCUT2D eigenvalue weighted by molar-refractivity contribution is 1.78. The van der Waals surface area contributed by atoms with Crippen LogP contribution >= 0.6 is 23.3 Å². The SMILES string of the molecule is NSCC=Cc1cccs1. The Labute approximate surface area is 69.1 Å². The molecule has 1 heterocycles. The van der Waals surface area contributed by atoms with E-state index in [1.165, 1.54) is 16.8 Å². The third kappa shape index (κ3) is 2.56. The minimum Gasteiger partial charge on any atom is -0.278 e. The van der Waals surface area contributed by atoms with Gasteiger partial charge >= 0.3 is 0 Å². The molecular formula is C7H9NS2. The van der Waals surface area contributed by atoms with Gasteiger partial charge in [0.2, 0.25) is 0 Å². The fraction of sp³-hybridized carbons (Fsp3) is 0.143. The molecular weight excluding hydrogens is 162 g/mol. The third-order valence-corrected chi connectivity index (χ3v) is 2.24. The molecule has 0 saturated carbocycles. The summed E-state index contributed by atoms with van der Waals surface area (Å²) in [7, 11) is 0. The number of thiophene rings is 1. The van der Waals surface area contributed by atoms with Crippen LogP contribution in [0.15, 0.2) is 23.6 Å². The maximum Gasteiger partial charge on any atom is 0.0267 e. The summed E-state index contributed by atoms with van der Waals surface area (Å²) in [6, 6.07) is 4.13. The fourth-order valence-corrected chi connectivity index (χ4v) is 1.46. The van der Waals surface area contributed by atoms with Gasteiger partial charge in [0.25, 0.3) is 0 Å². The second kappa shape index (κ2) is 4.55. The van der Waals surface area contributed by atoms with E-state index in [2.05, 4.69) is 23.6 Å². The molecule has 1 nitrogen and oxygen atoms in total. The van der Waals surface area contributed by atoms with Gasteiger partial charge < -0.3 is 0 Å². The predicted octanol–water partition coefficient (Wildman–Crippen LogP) is 2.37. The lowest BCUT2D eigenvalue weighted by atomic mass is 10.4. The molecule has 0 saturated heterocycles. The van der Waals surface area contributed by atoms with Crippen LogP contribution in [-0.4, -0.2) is 5.75 Å². The molecule has 0 fully saturated rings. The normalized spacial score (nSPS) is 10.9. The van der Waals surface area contributed by atoms with Crippen LogP contribution in [0.25, 0.3) is 6.08 Å². The molecule has 0 unspecified atom stereocenters. The molecule has 54 valence electrons. The first-order valence-electron chi connectivity index (χ1n) is 2.95. The molecule has 1 aromatic rings. The van der Waals surface area contributed by atoms with Gasteiger partial charge in [0.05, 0.1) is 0 Å². The molecule has 0 aliphatic heterocycles. The molecule has 10 heavy (non-hydrogen) atoms. The number of hydrogen-bond acceptors (Lipinski definition) is 3. The van der Waals surface area contributed by atoms with Gasteiger partial charge in [-0.2, -0.15) is 0 Å². The maximum absolute atomic E-state index is 5.24. The summed E-state index contributed by atoms with van der Waals surface area (Å²) in [6.45, 7) is 0. The molecule has 0 bridgehead atoms. The minimum absolute atomic E-state index is 0.887. The van der Waals surface area contributed by atoms with Crippen molar-refractivity contribution in [2.75, 3.05) is 5.75 Å². The predicted molar refractivity (Wildman–Crippen MR) is 50.0 cm³/mol. The zero-order chi connectivity index (χ0) is 7.23. The second-order valence-corrected chi connectivity index (χ2v) is 3.40. The van der Waals surface area contributed by atoms with Gasteiger partial charge in [-0.15, -0.1) is 11.3 Å². The number of rotatable bonds is 3. The van der Waals surface area contributed by atoms with Crippen LogP contribution in [0.3, 0.4) is 0 Å². The molecule has 0 aromatic carbocycles. The minimum atomic E-state index is 0.887. The van der Waals surface area contributed by atoms with E-state index in [1.54, 1.807) is 11.3 Å². The van der Waals surface area contributed by atoms with E-state index in [9.17, 15) is 0 Å². The Bertz CT molecular complexity index is 191. The van der Waals surface area contributed by atoms with E-state index in [1.807, 2.05) is 6.07 Å². The first-order chi connectivity index (χ1) is 4.93. The average Bonchev–Trinajstić information content (AvgIpc) is 2.41. The van der Waals surface area contributed by atoms with Crippen LogP contribution in [0.4, 0.5) is 0 Å². The third-order valence-electron chi connectivity index (χ3n) is 1.02. The van der Waals surface area contributed by atoms with Crippen molar-refractivity contribution in [3.8, 4) is 0 Å². The summed E-state index contributed by atoms with van der Waals surface area (Å²) >= 11 is 3.08. The fourth-order valence-electron chi connectivity index (χ4n) is 0.606. The Balaban J connectivity index is 2.40. The summed E-state index contributed by atoms with van der Waals surface area (Å²) in [5, 5.41) is 7.30. The summed E-state index contributed by atoms with van der Waals surface area (Å²) in [5.41, 5.74) is 0. The zero-order valence-corrected chi connectivity index (χ0v) is 7.12. The van der Waals surface area contributed by atoms with Crippen LogP contribution in [0, 0.1) is 0 Å². The van der Waals surface area contributed by atoms with Crippen molar-refractivity contribution in [3.05, 3.63) is 28.5 Å². The molecule has 1 aromatic heterocycles. The van der Waals surface area contributed by atoms with E-state index < -0.39 is 0 Å². The van der Waals surface area contributed by atoms with Gasteiger partial charge in [-0.1, -0.05) is 24.1 Å². The summed E-state index contributed by atoms with van der Waals surface area (Å²) in [4.78, 5) is 1.29. The van der Waals surface area contributed by atoms with Crippen molar-refractivity contribution in [2.24, 2.45) is 5.14 Å². The maximum atomic E-state index is 5.24. The van der Waals surface area contributed by atoms with Crippen molar-refractivity contribution in [3.63, 3.8) is 0 Å². The smallest absolute Gasteiger partial charge is 0.0267 e. The van der Waals surface area contributed by atoms with E-state index in [4.69, 9.17) is 5.14 Å². The first kappa shape index (κ1) is 7.85. The van der Waals surface area contributed by atoms with Crippen molar-refractivity contribution < 1.29 is 0 Å². The highest BCUT2D eigenvalue weighted by Crippen LogP contribution is 2.10. The zero-order valence-electron chi connectivity index (χ0n) is 5.49. The molecule has 0 aliphatic carbocycles. The van der Waals surface area contributed by atoms with Gasteiger partial charge in [0.15, 0.2) is 0 Å². The largest absolute Gasteiger partial charge is 0.278 e. The highest BCUT2D eigenvalue weighted by molar-refractivity contribution is 7.97. The number of nitrogens with two attached hydrogens (primary N) is 1. The molecule has 1 rings (SSSR count). The van der Waals surface area contributed by atoms with E-state index in [0.717, 1.165) is 5.75 Å². The van der Waals surface area contributed by atoms with Crippen molar-refractivity contribution in [2.45, 2.75) is 0 Å². The van der Waals surface area contributed by atoms with Crippen LogP contribution < -0.4 is 5.14 Å². The molecule has 0 radical (unpaired) electrons. The molecule has 0 atom stereocenters. The van der Waals surface area contributed by atoms with Crippen molar-refractivity contribution in [1.29, 1.82) is 0 Å². The Morgan fingerprint density at radius 3 is 3.20 bits per heavy atom. The molecule has 0 amide bonds. The molecule has 3 heteroatoms. The lowest BCUT2D eigenvalue weighted by Gasteiger charge is -1.82. The van der Waals surface area contributed by atoms with E-state index in [0.29, 0.717) is 0 Å². The van der Waals surface area contributed by atoms with E-state index in [-0.39, 0.29) is 0 Å². The molecule has 2 N–H and O–H groups in total. The van der Waals surface area contributed by atoms with Crippen LogP contribution in [0.1, 0.15) is 4.88 Å². The highest BCUT2D eigenvalue weighted by Gasteiger charge is 1.82. The summed E-state index contributed by atoms with van der Waals surface area (Å²) < 4.78 is 0. The van der Waals surface area contributed by atoms with Crippen LogP contribution in [0.2, 0.25) is 0 Å². The van der Waals surface area contributed by atoms with Crippen LogP contribution in [-0.2, 0) is 0 Å². The summed E-state index contributed by atoms with van der Waals surface area (Å²) in [6.07, 6.45) is 4.15. The second-order valence-electron chi connectivity index (χ2n) is 1.75. The first-order valence-corrected chi connectivity index (χ1v) is 4.88. The number of hydrogen-bond donors (Lipinski definition) is 1. The van der Waals surface area contributed by atoms with Gasteiger partial charge in [-0.05, 0) is 17.5 Å². The van der Waals surface area contributed by atoms with E-state index >= 15 is 0 Å². The molecule has 0 aliphatic rings. The van der Waals surface area contributed by atoms with Gasteiger partial charge in [-0.25, -0.2) is 0 Å². The Hall–Kier alpha value is -0.250. The standard InChI is InChI=1S/C7H9NS2/c8-10-6-2-4-7-3-1-5-9-7/h1-5H,6,8H2. The Morgan fingerprint density at radius 1 is 1.70 bits per heavy atom. The van der Waals surface area contributed by atoms with Gasteiger partial charge in [-0.3, -0.25) is 5.14 Å².